The lowest BCUT2D eigenvalue weighted by atomic mass is 9.67. The van der Waals surface area contributed by atoms with E-state index in [-0.39, 0.29) is 18.4 Å². The monoisotopic (exact) mass is 323 g/mol. The fourth-order valence-electron chi connectivity index (χ4n) is 3.90. The SMILES string of the molecule is C=CCOc1ccc(C2NCCC3(O)CCCCC23)cc1.Cl. The van der Waals surface area contributed by atoms with Gasteiger partial charge in [-0.3, -0.25) is 0 Å². The molecule has 3 rings (SSSR count). The van der Waals surface area contributed by atoms with Crippen LogP contribution in [-0.2, 0) is 0 Å². The lowest BCUT2D eigenvalue weighted by molar-refractivity contribution is -0.0861. The number of halogens is 1. The van der Waals surface area contributed by atoms with E-state index < -0.39 is 5.60 Å². The van der Waals surface area contributed by atoms with Gasteiger partial charge in [-0.2, -0.15) is 0 Å². The highest BCUT2D eigenvalue weighted by Gasteiger charge is 2.45. The van der Waals surface area contributed by atoms with Gasteiger partial charge in [0, 0.05) is 12.0 Å². The van der Waals surface area contributed by atoms with Crippen LogP contribution in [0.25, 0.3) is 0 Å². The number of hydrogen-bond donors (Lipinski definition) is 2. The summed E-state index contributed by atoms with van der Waals surface area (Å²) in [6, 6.07) is 8.53. The maximum absolute atomic E-state index is 10.9. The summed E-state index contributed by atoms with van der Waals surface area (Å²) in [5, 5.41) is 14.5. The van der Waals surface area contributed by atoms with E-state index in [9.17, 15) is 5.11 Å². The summed E-state index contributed by atoms with van der Waals surface area (Å²) in [6.07, 6.45) is 7.09. The van der Waals surface area contributed by atoms with E-state index in [2.05, 4.69) is 24.0 Å². The van der Waals surface area contributed by atoms with E-state index in [1.807, 2.05) is 12.1 Å². The first-order chi connectivity index (χ1) is 10.2. The topological polar surface area (TPSA) is 41.5 Å². The average Bonchev–Trinajstić information content (AvgIpc) is 2.52. The minimum absolute atomic E-state index is 0. The molecule has 2 N–H and O–H groups in total. The van der Waals surface area contributed by atoms with Crippen molar-refractivity contribution in [3.8, 4) is 5.75 Å². The third-order valence-corrected chi connectivity index (χ3v) is 5.00. The molecule has 0 spiro atoms. The van der Waals surface area contributed by atoms with Crippen LogP contribution in [0.15, 0.2) is 36.9 Å². The third-order valence-electron chi connectivity index (χ3n) is 5.00. The van der Waals surface area contributed by atoms with Crippen molar-refractivity contribution in [2.24, 2.45) is 5.92 Å². The van der Waals surface area contributed by atoms with E-state index in [0.717, 1.165) is 38.0 Å². The summed E-state index contributed by atoms with van der Waals surface area (Å²) >= 11 is 0. The molecule has 122 valence electrons. The molecule has 22 heavy (non-hydrogen) atoms. The van der Waals surface area contributed by atoms with Crippen molar-refractivity contribution in [3.05, 3.63) is 42.5 Å². The molecule has 1 saturated heterocycles. The highest BCUT2D eigenvalue weighted by atomic mass is 35.5. The molecule has 4 heteroatoms. The second kappa shape index (κ2) is 7.49. The Bertz CT molecular complexity index is 486. The molecule has 3 unspecified atom stereocenters. The molecule has 1 heterocycles. The molecule has 2 aliphatic rings. The van der Waals surface area contributed by atoms with Crippen molar-refractivity contribution in [2.75, 3.05) is 13.2 Å². The number of aliphatic hydroxyl groups is 1. The van der Waals surface area contributed by atoms with Crippen LogP contribution in [0, 0.1) is 5.92 Å². The summed E-state index contributed by atoms with van der Waals surface area (Å²) in [7, 11) is 0. The van der Waals surface area contributed by atoms with Crippen LogP contribution in [0.2, 0.25) is 0 Å². The molecule has 1 aromatic carbocycles. The van der Waals surface area contributed by atoms with Crippen molar-refractivity contribution in [3.63, 3.8) is 0 Å². The standard InChI is InChI=1S/C18H25NO2.ClH/c1-2-13-21-15-8-6-14(7-9-15)17-16-5-3-4-10-18(16,20)11-12-19-17;/h2,6-9,16-17,19-20H,1,3-5,10-13H2;1H. The molecule has 1 aromatic rings. The summed E-state index contributed by atoms with van der Waals surface area (Å²) in [5.41, 5.74) is 0.789. The fraction of sp³-hybridized carbons (Fsp3) is 0.556. The van der Waals surface area contributed by atoms with Crippen LogP contribution in [0.3, 0.4) is 0 Å². The predicted octanol–water partition coefficient (Wildman–Crippen LogP) is 3.63. The minimum Gasteiger partial charge on any atom is -0.490 e. The van der Waals surface area contributed by atoms with Crippen LogP contribution in [0.5, 0.6) is 5.75 Å². The number of nitrogens with one attached hydrogen (secondary N) is 1. The van der Waals surface area contributed by atoms with E-state index in [4.69, 9.17) is 4.74 Å². The van der Waals surface area contributed by atoms with Gasteiger partial charge in [0.1, 0.15) is 12.4 Å². The van der Waals surface area contributed by atoms with Gasteiger partial charge in [0.25, 0.3) is 0 Å². The van der Waals surface area contributed by atoms with Gasteiger partial charge < -0.3 is 15.2 Å². The van der Waals surface area contributed by atoms with Gasteiger partial charge in [-0.25, -0.2) is 0 Å². The van der Waals surface area contributed by atoms with Gasteiger partial charge in [0.05, 0.1) is 5.60 Å². The molecular formula is C18H26ClNO2. The number of hydrogen-bond acceptors (Lipinski definition) is 3. The Morgan fingerprint density at radius 1 is 1.27 bits per heavy atom. The Morgan fingerprint density at radius 2 is 2.05 bits per heavy atom. The first-order valence-electron chi connectivity index (χ1n) is 8.02. The van der Waals surface area contributed by atoms with Crippen molar-refractivity contribution >= 4 is 12.4 Å². The smallest absolute Gasteiger partial charge is 0.119 e. The van der Waals surface area contributed by atoms with Crippen molar-refractivity contribution in [2.45, 2.75) is 43.7 Å². The maximum atomic E-state index is 10.9. The van der Waals surface area contributed by atoms with E-state index in [0.29, 0.717) is 12.5 Å². The predicted molar refractivity (Wildman–Crippen MR) is 91.7 cm³/mol. The van der Waals surface area contributed by atoms with Gasteiger partial charge in [0.2, 0.25) is 0 Å². The fourth-order valence-corrected chi connectivity index (χ4v) is 3.90. The number of piperidine rings is 1. The third kappa shape index (κ3) is 3.48. The molecule has 1 aliphatic carbocycles. The second-order valence-electron chi connectivity index (χ2n) is 6.31. The molecule has 1 saturated carbocycles. The van der Waals surface area contributed by atoms with Crippen molar-refractivity contribution in [1.82, 2.24) is 5.32 Å². The highest BCUT2D eigenvalue weighted by Crippen LogP contribution is 2.45. The van der Waals surface area contributed by atoms with Gasteiger partial charge in [-0.05, 0) is 43.5 Å². The Kier molecular flexibility index (Phi) is 5.90. The maximum Gasteiger partial charge on any atom is 0.119 e. The molecule has 0 amide bonds. The number of ether oxygens (including phenoxy) is 1. The summed E-state index contributed by atoms with van der Waals surface area (Å²) in [6.45, 7) is 5.08. The lowest BCUT2D eigenvalue weighted by Gasteiger charge is -2.48. The Labute approximate surface area is 139 Å². The highest BCUT2D eigenvalue weighted by molar-refractivity contribution is 5.85. The van der Waals surface area contributed by atoms with E-state index in [1.54, 1.807) is 6.08 Å². The summed E-state index contributed by atoms with van der Waals surface area (Å²) in [5.74, 6) is 1.20. The summed E-state index contributed by atoms with van der Waals surface area (Å²) in [4.78, 5) is 0. The van der Waals surface area contributed by atoms with E-state index in [1.165, 1.54) is 12.0 Å². The Balaban J connectivity index is 0.00000176. The normalized spacial score (nSPS) is 30.8. The average molecular weight is 324 g/mol. The second-order valence-corrected chi connectivity index (χ2v) is 6.31. The van der Waals surface area contributed by atoms with Crippen LogP contribution in [0.1, 0.15) is 43.7 Å². The zero-order valence-electron chi connectivity index (χ0n) is 13.0. The van der Waals surface area contributed by atoms with Gasteiger partial charge >= 0.3 is 0 Å². The first-order valence-corrected chi connectivity index (χ1v) is 8.02. The van der Waals surface area contributed by atoms with Crippen LogP contribution < -0.4 is 10.1 Å². The molecule has 0 radical (unpaired) electrons. The first kappa shape index (κ1) is 17.3. The minimum atomic E-state index is -0.466. The van der Waals surface area contributed by atoms with Crippen LogP contribution in [0.4, 0.5) is 0 Å². The lowest BCUT2D eigenvalue weighted by Crippen LogP contribution is -2.53. The van der Waals surface area contributed by atoms with Gasteiger partial charge in [-0.15, -0.1) is 12.4 Å². The molecule has 1 aliphatic heterocycles. The largest absolute Gasteiger partial charge is 0.490 e. The molecule has 2 fully saturated rings. The molecule has 0 aromatic heterocycles. The molecule has 0 bridgehead atoms. The quantitative estimate of drug-likeness (QED) is 0.831. The number of benzene rings is 1. The zero-order chi connectivity index (χ0) is 14.7. The number of fused-ring (bicyclic) bond motifs is 1. The Hall–Kier alpha value is -1.03. The van der Waals surface area contributed by atoms with Crippen LogP contribution >= 0.6 is 12.4 Å². The molecule has 3 nitrogen and oxygen atoms in total. The zero-order valence-corrected chi connectivity index (χ0v) is 13.8. The molecule has 3 atom stereocenters. The molecular weight excluding hydrogens is 298 g/mol. The van der Waals surface area contributed by atoms with Crippen molar-refractivity contribution in [1.29, 1.82) is 0 Å². The number of rotatable bonds is 4. The summed E-state index contributed by atoms with van der Waals surface area (Å²) < 4.78 is 5.54. The van der Waals surface area contributed by atoms with Gasteiger partial charge in [0.15, 0.2) is 0 Å². The Morgan fingerprint density at radius 3 is 2.77 bits per heavy atom. The van der Waals surface area contributed by atoms with Gasteiger partial charge in [-0.1, -0.05) is 37.6 Å². The van der Waals surface area contributed by atoms with Crippen molar-refractivity contribution < 1.29 is 9.84 Å². The van der Waals surface area contributed by atoms with E-state index >= 15 is 0 Å². The van der Waals surface area contributed by atoms with Crippen LogP contribution in [-0.4, -0.2) is 23.9 Å².